The molecule has 4 aliphatic carbocycles. The van der Waals surface area contributed by atoms with Crippen LogP contribution in [-0.2, 0) is 0 Å². The van der Waals surface area contributed by atoms with Gasteiger partial charge in [-0.3, -0.25) is 0 Å². The molecule has 1 aromatic carbocycles. The van der Waals surface area contributed by atoms with Crippen molar-refractivity contribution in [1.29, 1.82) is 0 Å². The molecule has 5 rings (SSSR count). The first kappa shape index (κ1) is 16.3. The van der Waals surface area contributed by atoms with Crippen LogP contribution >= 0.6 is 11.8 Å². The molecule has 0 aliphatic heterocycles. The number of aryl methyl sites for hydroxylation is 1. The lowest BCUT2D eigenvalue weighted by atomic mass is 9.53. The molecule has 0 saturated heterocycles. The summed E-state index contributed by atoms with van der Waals surface area (Å²) in [5.74, 6) is 3.52. The maximum Gasteiger partial charge on any atom is 0.315 e. The average Bonchev–Trinajstić information content (AvgIpc) is 2.51. The number of urea groups is 1. The minimum Gasteiger partial charge on any atom is -0.337 e. The van der Waals surface area contributed by atoms with Crippen LogP contribution in [0.4, 0.5) is 4.79 Å². The summed E-state index contributed by atoms with van der Waals surface area (Å²) in [5.41, 5.74) is 1.42. The Balaban J connectivity index is 1.23. The van der Waals surface area contributed by atoms with E-state index < -0.39 is 0 Å². The van der Waals surface area contributed by atoms with E-state index in [0.717, 1.165) is 30.1 Å². The van der Waals surface area contributed by atoms with Crippen LogP contribution in [0.5, 0.6) is 0 Å². The highest BCUT2D eigenvalue weighted by Crippen LogP contribution is 2.55. The van der Waals surface area contributed by atoms with E-state index in [1.165, 1.54) is 49.0 Å². The predicted molar refractivity (Wildman–Crippen MR) is 99.3 cm³/mol. The van der Waals surface area contributed by atoms with Crippen molar-refractivity contribution in [1.82, 2.24) is 10.6 Å². The molecule has 0 radical (unpaired) electrons. The molecule has 0 atom stereocenters. The number of hydrogen-bond donors (Lipinski definition) is 2. The van der Waals surface area contributed by atoms with Crippen LogP contribution < -0.4 is 10.6 Å². The highest BCUT2D eigenvalue weighted by Gasteiger charge is 2.51. The second kappa shape index (κ2) is 6.62. The van der Waals surface area contributed by atoms with Gasteiger partial charge in [0.2, 0.25) is 0 Å². The zero-order valence-corrected chi connectivity index (χ0v) is 15.3. The quantitative estimate of drug-likeness (QED) is 0.616. The summed E-state index contributed by atoms with van der Waals surface area (Å²) < 4.78 is 0. The first-order valence-electron chi connectivity index (χ1n) is 9.36. The second-order valence-corrected chi connectivity index (χ2v) is 9.33. The molecule has 3 nitrogen and oxygen atoms in total. The minimum absolute atomic E-state index is 0.0438. The maximum atomic E-state index is 12.4. The topological polar surface area (TPSA) is 41.1 Å². The van der Waals surface area contributed by atoms with E-state index >= 15 is 0 Å². The van der Waals surface area contributed by atoms with Crippen LogP contribution in [0.1, 0.15) is 44.1 Å². The summed E-state index contributed by atoms with van der Waals surface area (Å²) in [6.45, 7) is 2.85. The fourth-order valence-electron chi connectivity index (χ4n) is 5.59. The van der Waals surface area contributed by atoms with Crippen LogP contribution in [0.15, 0.2) is 29.2 Å². The number of benzene rings is 1. The van der Waals surface area contributed by atoms with Crippen LogP contribution in [0.25, 0.3) is 0 Å². The first-order chi connectivity index (χ1) is 11.6. The smallest absolute Gasteiger partial charge is 0.315 e. The van der Waals surface area contributed by atoms with Gasteiger partial charge >= 0.3 is 6.03 Å². The van der Waals surface area contributed by atoms with Crippen LogP contribution in [-0.4, -0.2) is 23.9 Å². The van der Waals surface area contributed by atoms with Gasteiger partial charge in [0.25, 0.3) is 0 Å². The first-order valence-corrected chi connectivity index (χ1v) is 10.3. The summed E-state index contributed by atoms with van der Waals surface area (Å²) in [4.78, 5) is 13.7. The van der Waals surface area contributed by atoms with Crippen molar-refractivity contribution >= 4 is 17.8 Å². The van der Waals surface area contributed by atoms with Gasteiger partial charge in [0.05, 0.1) is 0 Å². The molecular weight excluding hydrogens is 316 g/mol. The standard InChI is InChI=1S/C20H28N2OS/c1-14-4-2-3-5-18(14)24-7-6-21-19(23)22-20-11-15-8-16(12-20)10-17(9-15)13-20/h2-5,15-17H,6-13H2,1H3,(H2,21,22,23). The summed E-state index contributed by atoms with van der Waals surface area (Å²) in [6.07, 6.45) is 7.87. The van der Waals surface area contributed by atoms with E-state index in [0.29, 0.717) is 0 Å². The highest BCUT2D eigenvalue weighted by atomic mass is 32.2. The molecule has 4 fully saturated rings. The molecule has 0 aromatic heterocycles. The second-order valence-electron chi connectivity index (χ2n) is 8.19. The number of carbonyl (C=O) groups is 1. The maximum absolute atomic E-state index is 12.4. The van der Waals surface area contributed by atoms with Crippen molar-refractivity contribution in [2.24, 2.45) is 17.8 Å². The normalized spacial score (nSPS) is 33.5. The number of carbonyl (C=O) groups excluding carboxylic acids is 1. The van der Waals surface area contributed by atoms with Crippen molar-refractivity contribution in [2.45, 2.75) is 55.9 Å². The number of amides is 2. The molecule has 4 aliphatic rings. The molecule has 4 heteroatoms. The van der Waals surface area contributed by atoms with Crippen molar-refractivity contribution in [3.05, 3.63) is 29.8 Å². The lowest BCUT2D eigenvalue weighted by Crippen LogP contribution is -2.61. The Morgan fingerprint density at radius 3 is 2.38 bits per heavy atom. The lowest BCUT2D eigenvalue weighted by molar-refractivity contribution is -0.0134. The third-order valence-electron chi connectivity index (χ3n) is 6.16. The van der Waals surface area contributed by atoms with E-state index in [1.54, 1.807) is 0 Å². The van der Waals surface area contributed by atoms with Gasteiger partial charge in [-0.25, -0.2) is 4.79 Å². The Bertz CT molecular complexity index is 580. The fraction of sp³-hybridized carbons (Fsp3) is 0.650. The number of nitrogens with one attached hydrogen (secondary N) is 2. The zero-order valence-electron chi connectivity index (χ0n) is 14.5. The highest BCUT2D eigenvalue weighted by molar-refractivity contribution is 7.99. The van der Waals surface area contributed by atoms with E-state index in [9.17, 15) is 4.79 Å². The number of thioether (sulfide) groups is 1. The molecule has 0 unspecified atom stereocenters. The van der Waals surface area contributed by atoms with E-state index in [-0.39, 0.29) is 11.6 Å². The summed E-state index contributed by atoms with van der Waals surface area (Å²) in [6, 6.07) is 8.46. The predicted octanol–water partition coefficient (Wildman–Crippen LogP) is 4.36. The monoisotopic (exact) mass is 344 g/mol. The molecule has 1 aromatic rings. The van der Waals surface area contributed by atoms with Gasteiger partial charge in [-0.05, 0) is 74.8 Å². The molecular formula is C20H28N2OS. The Kier molecular flexibility index (Phi) is 4.50. The molecule has 0 spiro atoms. The molecule has 2 N–H and O–H groups in total. The fourth-order valence-corrected chi connectivity index (χ4v) is 6.49. The van der Waals surface area contributed by atoms with Crippen molar-refractivity contribution < 1.29 is 4.79 Å². The van der Waals surface area contributed by atoms with Gasteiger partial charge in [-0.1, -0.05) is 18.2 Å². The third kappa shape index (κ3) is 3.44. The zero-order chi connectivity index (χ0) is 16.6. The van der Waals surface area contributed by atoms with Gasteiger partial charge in [0.15, 0.2) is 0 Å². The van der Waals surface area contributed by atoms with Crippen molar-refractivity contribution in [3.8, 4) is 0 Å². The Morgan fingerprint density at radius 1 is 1.12 bits per heavy atom. The Hall–Kier alpha value is -1.16. The molecule has 4 saturated carbocycles. The van der Waals surface area contributed by atoms with E-state index in [2.05, 4.69) is 41.8 Å². The van der Waals surface area contributed by atoms with E-state index in [1.807, 2.05) is 11.8 Å². The summed E-state index contributed by atoms with van der Waals surface area (Å²) in [5, 5.41) is 6.45. The van der Waals surface area contributed by atoms with Gasteiger partial charge in [-0.15, -0.1) is 11.8 Å². The average molecular weight is 345 g/mol. The number of hydrogen-bond acceptors (Lipinski definition) is 2. The van der Waals surface area contributed by atoms with Crippen molar-refractivity contribution in [3.63, 3.8) is 0 Å². The largest absolute Gasteiger partial charge is 0.337 e. The third-order valence-corrected chi connectivity index (χ3v) is 7.33. The molecule has 24 heavy (non-hydrogen) atoms. The van der Waals surface area contributed by atoms with Gasteiger partial charge in [0.1, 0.15) is 0 Å². The Labute approximate surface area is 149 Å². The lowest BCUT2D eigenvalue weighted by Gasteiger charge is -2.56. The SMILES string of the molecule is Cc1ccccc1SCCNC(=O)NC12CC3CC(CC(C3)C1)C2. The van der Waals surface area contributed by atoms with Gasteiger partial charge in [-0.2, -0.15) is 0 Å². The molecule has 4 bridgehead atoms. The van der Waals surface area contributed by atoms with Gasteiger partial charge < -0.3 is 10.6 Å². The minimum atomic E-state index is 0.0438. The summed E-state index contributed by atoms with van der Waals surface area (Å²) in [7, 11) is 0. The summed E-state index contributed by atoms with van der Waals surface area (Å²) >= 11 is 1.82. The van der Waals surface area contributed by atoms with Gasteiger partial charge in [0, 0.05) is 22.7 Å². The van der Waals surface area contributed by atoms with Crippen LogP contribution in [0.2, 0.25) is 0 Å². The molecule has 0 heterocycles. The Morgan fingerprint density at radius 2 is 1.75 bits per heavy atom. The van der Waals surface area contributed by atoms with E-state index in [4.69, 9.17) is 0 Å². The molecule has 2 amide bonds. The number of rotatable bonds is 5. The molecule has 130 valence electrons. The van der Waals surface area contributed by atoms with Crippen LogP contribution in [0.3, 0.4) is 0 Å². The van der Waals surface area contributed by atoms with Crippen molar-refractivity contribution in [2.75, 3.05) is 12.3 Å². The van der Waals surface area contributed by atoms with Crippen LogP contribution in [0, 0.1) is 24.7 Å².